The fourth-order valence-corrected chi connectivity index (χ4v) is 0.836. The van der Waals surface area contributed by atoms with Gasteiger partial charge >= 0.3 is 0 Å². The van der Waals surface area contributed by atoms with Gasteiger partial charge < -0.3 is 4.52 Å². The van der Waals surface area contributed by atoms with Gasteiger partial charge in [0.25, 0.3) is 0 Å². The maximum absolute atomic E-state index is 4.98. The van der Waals surface area contributed by atoms with Crippen LogP contribution in [-0.2, 0) is 6.54 Å². The van der Waals surface area contributed by atoms with E-state index in [4.69, 9.17) is 4.52 Å². The quantitative estimate of drug-likeness (QED) is 0.537. The molecule has 0 aromatic carbocycles. The fourth-order valence-electron chi connectivity index (χ4n) is 0.836. The van der Waals surface area contributed by atoms with E-state index in [0.29, 0.717) is 13.1 Å². The molecule has 1 N–H and O–H groups in total. The van der Waals surface area contributed by atoms with Crippen LogP contribution in [0.2, 0.25) is 0 Å². The lowest BCUT2D eigenvalue weighted by Crippen LogP contribution is -2.12. The number of hydrogen-bond donors (Lipinski definition) is 1. The number of aromatic nitrogens is 1. The first-order valence-electron chi connectivity index (χ1n) is 3.85. The number of nitrogens with one attached hydrogen (secondary N) is 1. The van der Waals surface area contributed by atoms with E-state index in [1.165, 1.54) is 0 Å². The van der Waals surface area contributed by atoms with Crippen molar-refractivity contribution in [3.63, 3.8) is 0 Å². The van der Waals surface area contributed by atoms with Crippen molar-refractivity contribution in [1.82, 2.24) is 10.5 Å². The molecule has 0 atom stereocenters. The molecule has 0 bridgehead atoms. The molecule has 1 rings (SSSR count). The minimum Gasteiger partial charge on any atom is -0.360 e. The van der Waals surface area contributed by atoms with E-state index in [1.54, 1.807) is 0 Å². The van der Waals surface area contributed by atoms with Gasteiger partial charge in [0.2, 0.25) is 0 Å². The summed E-state index contributed by atoms with van der Waals surface area (Å²) in [4.78, 5) is 0. The van der Waals surface area contributed by atoms with E-state index in [9.17, 15) is 0 Å². The molecule has 0 saturated heterocycles. The first-order valence-corrected chi connectivity index (χ1v) is 3.85. The summed E-state index contributed by atoms with van der Waals surface area (Å²) in [5, 5.41) is 6.87. The van der Waals surface area contributed by atoms with Gasteiger partial charge in [0.15, 0.2) is 5.76 Å². The zero-order valence-corrected chi connectivity index (χ0v) is 7.35. The zero-order chi connectivity index (χ0) is 8.81. The Hall–Kier alpha value is -1.27. The van der Waals surface area contributed by atoms with E-state index in [0.717, 1.165) is 11.5 Å². The normalized spacial score (nSPS) is 9.17. The molecule has 0 unspecified atom stereocenters. The van der Waals surface area contributed by atoms with E-state index in [1.807, 2.05) is 19.9 Å². The van der Waals surface area contributed by atoms with Crippen LogP contribution in [0.3, 0.4) is 0 Å². The summed E-state index contributed by atoms with van der Waals surface area (Å²) < 4.78 is 4.98. The number of rotatable bonds is 3. The molecule has 0 aliphatic heterocycles. The van der Waals surface area contributed by atoms with Crippen LogP contribution in [0.25, 0.3) is 0 Å². The molecule has 0 fully saturated rings. The molecular formula is C9H12N2O. The number of hydrogen-bond acceptors (Lipinski definition) is 3. The topological polar surface area (TPSA) is 38.1 Å². The molecule has 3 nitrogen and oxygen atoms in total. The first-order chi connectivity index (χ1) is 5.83. The van der Waals surface area contributed by atoms with Crippen molar-refractivity contribution in [3.05, 3.63) is 17.5 Å². The van der Waals surface area contributed by atoms with Crippen molar-refractivity contribution in [1.29, 1.82) is 0 Å². The monoisotopic (exact) mass is 164 g/mol. The number of aryl methyl sites for hydroxylation is 1. The smallest absolute Gasteiger partial charge is 0.150 e. The third kappa shape index (κ3) is 2.77. The summed E-state index contributed by atoms with van der Waals surface area (Å²) in [7, 11) is 0. The highest BCUT2D eigenvalue weighted by molar-refractivity contribution is 5.03. The summed E-state index contributed by atoms with van der Waals surface area (Å²) in [6.45, 7) is 5.10. The molecule has 0 spiro atoms. The number of nitrogens with zero attached hydrogens (tertiary/aromatic N) is 1. The summed E-state index contributed by atoms with van der Waals surface area (Å²) in [6, 6.07) is 1.91. The third-order valence-corrected chi connectivity index (χ3v) is 1.37. The Morgan fingerprint density at radius 1 is 1.67 bits per heavy atom. The minimum atomic E-state index is 0.690. The Kier molecular flexibility index (Phi) is 3.36. The van der Waals surface area contributed by atoms with Crippen LogP contribution >= 0.6 is 0 Å². The second-order valence-corrected chi connectivity index (χ2v) is 2.46. The molecule has 64 valence electrons. The molecule has 0 aliphatic rings. The van der Waals surface area contributed by atoms with Gasteiger partial charge in [0.1, 0.15) is 0 Å². The van der Waals surface area contributed by atoms with Crippen LogP contribution in [0, 0.1) is 18.8 Å². The predicted octanol–water partition coefficient (Wildman–Crippen LogP) is 1.10. The van der Waals surface area contributed by atoms with Crippen molar-refractivity contribution in [2.24, 2.45) is 0 Å². The Balaban J connectivity index is 2.27. The van der Waals surface area contributed by atoms with Crippen LogP contribution in [0.1, 0.15) is 18.4 Å². The van der Waals surface area contributed by atoms with Crippen LogP contribution in [0.4, 0.5) is 0 Å². The lowest BCUT2D eigenvalue weighted by atomic mass is 10.4. The van der Waals surface area contributed by atoms with Gasteiger partial charge in [-0.05, 0) is 13.8 Å². The van der Waals surface area contributed by atoms with E-state index in [2.05, 4.69) is 22.3 Å². The predicted molar refractivity (Wildman–Crippen MR) is 46.4 cm³/mol. The van der Waals surface area contributed by atoms with Crippen molar-refractivity contribution in [2.45, 2.75) is 20.4 Å². The second kappa shape index (κ2) is 4.58. The SMILES string of the molecule is CC#CCNCc1cc(C)no1. The van der Waals surface area contributed by atoms with Crippen molar-refractivity contribution in [2.75, 3.05) is 6.54 Å². The van der Waals surface area contributed by atoms with Crippen LogP contribution in [-0.4, -0.2) is 11.7 Å². The van der Waals surface area contributed by atoms with Crippen molar-refractivity contribution >= 4 is 0 Å². The largest absolute Gasteiger partial charge is 0.360 e. The highest BCUT2D eigenvalue weighted by Crippen LogP contribution is 2.00. The lowest BCUT2D eigenvalue weighted by Gasteiger charge is -1.93. The maximum Gasteiger partial charge on any atom is 0.150 e. The lowest BCUT2D eigenvalue weighted by molar-refractivity contribution is 0.372. The Morgan fingerprint density at radius 2 is 2.50 bits per heavy atom. The molecular weight excluding hydrogens is 152 g/mol. The highest BCUT2D eigenvalue weighted by atomic mass is 16.5. The van der Waals surface area contributed by atoms with Gasteiger partial charge in [-0.2, -0.15) is 0 Å². The summed E-state index contributed by atoms with van der Waals surface area (Å²) >= 11 is 0. The van der Waals surface area contributed by atoms with Crippen LogP contribution in [0.5, 0.6) is 0 Å². The Bertz CT molecular complexity index is 293. The molecule has 0 saturated carbocycles. The highest BCUT2D eigenvalue weighted by Gasteiger charge is 1.97. The third-order valence-electron chi connectivity index (χ3n) is 1.37. The van der Waals surface area contributed by atoms with Gasteiger partial charge in [-0.15, -0.1) is 5.92 Å². The molecule has 1 heterocycles. The molecule has 12 heavy (non-hydrogen) atoms. The van der Waals surface area contributed by atoms with E-state index >= 15 is 0 Å². The summed E-state index contributed by atoms with van der Waals surface area (Å²) in [5.41, 5.74) is 0.911. The second-order valence-electron chi connectivity index (χ2n) is 2.46. The van der Waals surface area contributed by atoms with Gasteiger partial charge in [-0.1, -0.05) is 11.1 Å². The average Bonchev–Trinajstić information content (AvgIpc) is 2.45. The fraction of sp³-hybridized carbons (Fsp3) is 0.444. The zero-order valence-electron chi connectivity index (χ0n) is 7.35. The Morgan fingerprint density at radius 3 is 3.08 bits per heavy atom. The molecule has 1 aromatic rings. The van der Waals surface area contributed by atoms with Gasteiger partial charge in [0.05, 0.1) is 18.8 Å². The van der Waals surface area contributed by atoms with Gasteiger partial charge in [0, 0.05) is 6.07 Å². The molecule has 0 radical (unpaired) electrons. The van der Waals surface area contributed by atoms with Gasteiger partial charge in [-0.25, -0.2) is 0 Å². The minimum absolute atomic E-state index is 0.690. The van der Waals surface area contributed by atoms with Crippen molar-refractivity contribution in [3.8, 4) is 11.8 Å². The standard InChI is InChI=1S/C9H12N2O/c1-3-4-5-10-7-9-6-8(2)11-12-9/h6,10H,5,7H2,1-2H3. The van der Waals surface area contributed by atoms with Crippen LogP contribution in [0.15, 0.2) is 10.6 Å². The summed E-state index contributed by atoms with van der Waals surface area (Å²) in [5.74, 6) is 6.55. The molecule has 0 aliphatic carbocycles. The maximum atomic E-state index is 4.98. The molecule has 1 aromatic heterocycles. The Labute approximate surface area is 72.1 Å². The van der Waals surface area contributed by atoms with E-state index < -0.39 is 0 Å². The summed E-state index contributed by atoms with van der Waals surface area (Å²) in [6.07, 6.45) is 0. The average molecular weight is 164 g/mol. The van der Waals surface area contributed by atoms with Gasteiger partial charge in [-0.3, -0.25) is 5.32 Å². The van der Waals surface area contributed by atoms with Crippen molar-refractivity contribution < 1.29 is 4.52 Å². The molecule has 0 amide bonds. The van der Waals surface area contributed by atoms with E-state index in [-0.39, 0.29) is 0 Å². The first kappa shape index (κ1) is 8.82. The molecule has 3 heteroatoms. The van der Waals surface area contributed by atoms with Crippen LogP contribution < -0.4 is 5.32 Å².